The second-order valence-electron chi connectivity index (χ2n) is 11.3. The van der Waals surface area contributed by atoms with Gasteiger partial charge >= 0.3 is 6.18 Å². The molecule has 9 heteroatoms. The number of nitrogens with zero attached hydrogens (tertiary/aromatic N) is 1. The molecule has 0 N–H and O–H groups in total. The number of allylic oxidation sites excluding steroid dienone is 1. The van der Waals surface area contributed by atoms with Gasteiger partial charge in [-0.2, -0.15) is 13.2 Å². The van der Waals surface area contributed by atoms with Crippen molar-refractivity contribution in [1.29, 1.82) is 0 Å². The van der Waals surface area contributed by atoms with E-state index in [1.165, 1.54) is 12.1 Å². The van der Waals surface area contributed by atoms with Crippen LogP contribution in [-0.4, -0.2) is 28.9 Å². The number of carbonyl (C=O) groups excluding carboxylic acids is 2. The Labute approximate surface area is 268 Å². The van der Waals surface area contributed by atoms with Crippen molar-refractivity contribution in [3.05, 3.63) is 155 Å². The lowest BCUT2D eigenvalue weighted by atomic mass is 9.94. The van der Waals surface area contributed by atoms with E-state index in [2.05, 4.69) is 0 Å². The molecular formula is C38H28F3NO5. The molecule has 47 heavy (non-hydrogen) atoms. The molecule has 0 aliphatic carbocycles. The second-order valence-corrected chi connectivity index (χ2v) is 11.3. The minimum atomic E-state index is -4.87. The summed E-state index contributed by atoms with van der Waals surface area (Å²) in [6.45, 7) is 0.452. The summed E-state index contributed by atoms with van der Waals surface area (Å²) in [5.74, 6) is -1.66. The van der Waals surface area contributed by atoms with Gasteiger partial charge in [0.1, 0.15) is 30.8 Å². The van der Waals surface area contributed by atoms with Crippen molar-refractivity contribution in [1.82, 2.24) is 4.90 Å². The molecule has 0 saturated heterocycles. The highest BCUT2D eigenvalue weighted by atomic mass is 19.4. The van der Waals surface area contributed by atoms with Crippen LogP contribution in [0.3, 0.4) is 0 Å². The third-order valence-electron chi connectivity index (χ3n) is 8.32. The average Bonchev–Trinajstić information content (AvgIpc) is 3.35. The topological polar surface area (TPSA) is 65.1 Å². The maximum absolute atomic E-state index is 14.3. The molecule has 0 radical (unpaired) electrons. The summed E-state index contributed by atoms with van der Waals surface area (Å²) in [5, 5.41) is 1.32. The molecule has 6 nitrogen and oxygen atoms in total. The van der Waals surface area contributed by atoms with Crippen LogP contribution in [0, 0.1) is 0 Å². The first kappa shape index (κ1) is 30.1. The Kier molecular flexibility index (Phi) is 7.89. The predicted molar refractivity (Wildman–Crippen MR) is 169 cm³/mol. The van der Waals surface area contributed by atoms with Crippen LogP contribution in [0.25, 0.3) is 10.8 Å². The number of alkyl halides is 3. The fourth-order valence-corrected chi connectivity index (χ4v) is 6.07. The molecule has 2 aliphatic rings. The maximum Gasteiger partial charge on any atom is 0.448 e. The Morgan fingerprint density at radius 2 is 1.28 bits per heavy atom. The number of hydrogen-bond donors (Lipinski definition) is 0. The smallest absolute Gasteiger partial charge is 0.448 e. The SMILES string of the molecule is O=C1c2ccccc2C(=O)N1[C@@H]1C=C(C(F)(F)F)O[C@H](c2ccc3c(OCc4ccccc4)cccc3c2OCc2ccccc2)C1. The highest BCUT2D eigenvalue weighted by molar-refractivity contribution is 6.21. The van der Waals surface area contributed by atoms with Crippen LogP contribution in [0.1, 0.15) is 49.9 Å². The van der Waals surface area contributed by atoms with Gasteiger partial charge < -0.3 is 14.2 Å². The predicted octanol–water partition coefficient (Wildman–Crippen LogP) is 8.57. The fraction of sp³-hybridized carbons (Fsp3) is 0.158. The number of rotatable bonds is 8. The van der Waals surface area contributed by atoms with Crippen LogP contribution in [0.4, 0.5) is 13.2 Å². The first-order chi connectivity index (χ1) is 22.8. The van der Waals surface area contributed by atoms with Crippen LogP contribution in [-0.2, 0) is 18.0 Å². The van der Waals surface area contributed by atoms with Crippen LogP contribution < -0.4 is 9.47 Å². The van der Waals surface area contributed by atoms with Crippen molar-refractivity contribution in [2.24, 2.45) is 0 Å². The molecule has 5 aromatic rings. The minimum absolute atomic E-state index is 0.109. The number of fused-ring (bicyclic) bond motifs is 2. The molecule has 236 valence electrons. The van der Waals surface area contributed by atoms with E-state index in [1.807, 2.05) is 72.8 Å². The summed E-state index contributed by atoms with van der Waals surface area (Å²) in [7, 11) is 0. The Balaban J connectivity index is 1.29. The average molecular weight is 636 g/mol. The molecule has 2 amide bonds. The van der Waals surface area contributed by atoms with E-state index in [0.717, 1.165) is 22.1 Å². The summed E-state index contributed by atoms with van der Waals surface area (Å²) in [4.78, 5) is 27.5. The van der Waals surface area contributed by atoms with Gasteiger partial charge in [0.15, 0.2) is 5.76 Å². The molecule has 5 aromatic carbocycles. The van der Waals surface area contributed by atoms with E-state index in [4.69, 9.17) is 14.2 Å². The van der Waals surface area contributed by atoms with Crippen molar-refractivity contribution in [3.63, 3.8) is 0 Å². The quantitative estimate of drug-likeness (QED) is 0.160. The Bertz CT molecular complexity index is 1960. The molecule has 0 spiro atoms. The zero-order valence-corrected chi connectivity index (χ0v) is 24.9. The van der Waals surface area contributed by atoms with Crippen molar-refractivity contribution in [2.45, 2.75) is 38.0 Å². The van der Waals surface area contributed by atoms with Gasteiger partial charge in [-0.3, -0.25) is 14.5 Å². The van der Waals surface area contributed by atoms with Crippen LogP contribution in [0.5, 0.6) is 11.5 Å². The summed E-state index contributed by atoms with van der Waals surface area (Å²) in [6.07, 6.45) is -5.35. The molecular weight excluding hydrogens is 607 g/mol. The summed E-state index contributed by atoms with van der Waals surface area (Å²) >= 11 is 0. The van der Waals surface area contributed by atoms with Crippen LogP contribution >= 0.6 is 0 Å². The summed E-state index contributed by atoms with van der Waals surface area (Å²) in [5.41, 5.74) is 2.50. The van der Waals surface area contributed by atoms with Gasteiger partial charge in [-0.05, 0) is 41.5 Å². The fourth-order valence-electron chi connectivity index (χ4n) is 6.07. The minimum Gasteiger partial charge on any atom is -0.488 e. The Morgan fingerprint density at radius 1 is 0.681 bits per heavy atom. The van der Waals surface area contributed by atoms with Gasteiger partial charge in [0.05, 0.1) is 17.2 Å². The maximum atomic E-state index is 14.3. The third-order valence-corrected chi connectivity index (χ3v) is 8.32. The molecule has 2 atom stereocenters. The molecule has 0 bridgehead atoms. The standard InChI is InChI=1S/C38H28F3NO5/c39-38(40,41)34-21-26(42-36(43)29-14-7-8-15-30(29)37(42)44)20-33(47-34)31-19-18-27-28(35(31)46-23-25-12-5-2-6-13-25)16-9-17-32(27)45-22-24-10-3-1-4-11-24/h1-19,21,26,33H,20,22-23H2/t26-,33-/m0/s1. The summed E-state index contributed by atoms with van der Waals surface area (Å²) in [6, 6.07) is 33.0. The van der Waals surface area contributed by atoms with Crippen molar-refractivity contribution in [2.75, 3.05) is 0 Å². The number of hydrogen-bond acceptors (Lipinski definition) is 5. The molecule has 7 rings (SSSR count). The number of carbonyl (C=O) groups is 2. The first-order valence-electron chi connectivity index (χ1n) is 15.1. The lowest BCUT2D eigenvalue weighted by Crippen LogP contribution is -2.42. The van der Waals surface area contributed by atoms with E-state index in [9.17, 15) is 22.8 Å². The van der Waals surface area contributed by atoms with E-state index in [0.29, 0.717) is 34.4 Å². The first-order valence-corrected chi connectivity index (χ1v) is 15.1. The number of benzene rings is 5. The monoisotopic (exact) mass is 635 g/mol. The number of halogens is 3. The van der Waals surface area contributed by atoms with Gasteiger partial charge in [-0.25, -0.2) is 0 Å². The van der Waals surface area contributed by atoms with Gasteiger partial charge in [-0.15, -0.1) is 0 Å². The Morgan fingerprint density at radius 3 is 1.89 bits per heavy atom. The third kappa shape index (κ3) is 5.92. The normalized spacial score (nSPS) is 17.7. The Hall–Kier alpha value is -5.57. The van der Waals surface area contributed by atoms with Gasteiger partial charge in [-0.1, -0.05) is 91.0 Å². The van der Waals surface area contributed by atoms with Crippen molar-refractivity contribution >= 4 is 22.6 Å². The highest BCUT2D eigenvalue weighted by Gasteiger charge is 2.47. The van der Waals surface area contributed by atoms with E-state index >= 15 is 0 Å². The molecule has 0 saturated carbocycles. The largest absolute Gasteiger partial charge is 0.488 e. The zero-order valence-electron chi connectivity index (χ0n) is 24.9. The summed E-state index contributed by atoms with van der Waals surface area (Å²) < 4.78 is 61.2. The molecule has 0 aromatic heterocycles. The molecule has 0 fully saturated rings. The van der Waals surface area contributed by atoms with Crippen LogP contribution in [0.15, 0.2) is 127 Å². The number of ether oxygens (including phenoxy) is 3. The van der Waals surface area contributed by atoms with Crippen molar-refractivity contribution < 1.29 is 37.0 Å². The lowest BCUT2D eigenvalue weighted by molar-refractivity contribution is -0.147. The van der Waals surface area contributed by atoms with Gasteiger partial charge in [0.2, 0.25) is 0 Å². The van der Waals surface area contributed by atoms with E-state index in [1.54, 1.807) is 30.3 Å². The van der Waals surface area contributed by atoms with Crippen LogP contribution in [0.2, 0.25) is 0 Å². The highest BCUT2D eigenvalue weighted by Crippen LogP contribution is 2.46. The van der Waals surface area contributed by atoms with E-state index < -0.39 is 35.9 Å². The lowest BCUT2D eigenvalue weighted by Gasteiger charge is -2.35. The van der Waals surface area contributed by atoms with Gasteiger partial charge in [0, 0.05) is 22.8 Å². The zero-order chi connectivity index (χ0) is 32.5. The molecule has 2 heterocycles. The van der Waals surface area contributed by atoms with E-state index in [-0.39, 0.29) is 24.2 Å². The second kappa shape index (κ2) is 12.3. The van der Waals surface area contributed by atoms with Crippen molar-refractivity contribution in [3.8, 4) is 11.5 Å². The molecule has 2 aliphatic heterocycles. The number of imide groups is 1. The number of amides is 2. The molecule has 0 unspecified atom stereocenters. The van der Waals surface area contributed by atoms with Gasteiger partial charge in [0.25, 0.3) is 11.8 Å².